The molecule has 2 aromatic heterocycles. The summed E-state index contributed by atoms with van der Waals surface area (Å²) in [5.74, 6) is -1.09. The van der Waals surface area contributed by atoms with E-state index in [1.807, 2.05) is 6.92 Å². The molecule has 0 aliphatic heterocycles. The first-order chi connectivity index (χ1) is 5.68. The summed E-state index contributed by atoms with van der Waals surface area (Å²) in [5, 5.41) is 15.9. The van der Waals surface area contributed by atoms with Gasteiger partial charge in [-0.3, -0.25) is 4.40 Å². The van der Waals surface area contributed by atoms with Gasteiger partial charge in [0.15, 0.2) is 0 Å². The van der Waals surface area contributed by atoms with Gasteiger partial charge in [-0.2, -0.15) is 0 Å². The lowest BCUT2D eigenvalue weighted by Gasteiger charge is -1.85. The molecule has 62 valence electrons. The zero-order valence-corrected chi connectivity index (χ0v) is 7.00. The van der Waals surface area contributed by atoms with Crippen LogP contribution in [0.2, 0.25) is 0 Å². The monoisotopic (exact) mass is 183 g/mol. The van der Waals surface area contributed by atoms with Crippen molar-refractivity contribution in [2.24, 2.45) is 0 Å². The Kier molecular flexibility index (Phi) is 1.37. The topological polar surface area (TPSA) is 67.5 Å². The smallest absolute Gasteiger partial charge is 0.374 e. The Morgan fingerprint density at radius 3 is 3.08 bits per heavy atom. The number of aryl methyl sites for hydroxylation is 1. The summed E-state index contributed by atoms with van der Waals surface area (Å²) < 4.78 is 1.47. The van der Waals surface area contributed by atoms with Crippen molar-refractivity contribution in [3.05, 3.63) is 16.9 Å². The number of nitrogens with zero attached hydrogens (tertiary/aromatic N) is 3. The van der Waals surface area contributed by atoms with Crippen LogP contribution in [0.5, 0.6) is 0 Å². The van der Waals surface area contributed by atoms with Crippen molar-refractivity contribution in [1.29, 1.82) is 0 Å². The van der Waals surface area contributed by atoms with Gasteiger partial charge in [0.05, 0.1) is 0 Å². The van der Waals surface area contributed by atoms with E-state index in [1.54, 1.807) is 6.20 Å². The molecule has 0 amide bonds. The fraction of sp³-hybridized carbons (Fsp3) is 0.167. The minimum atomic E-state index is -1.06. The fourth-order valence-corrected chi connectivity index (χ4v) is 1.73. The van der Waals surface area contributed by atoms with Crippen molar-refractivity contribution in [3.63, 3.8) is 0 Å². The van der Waals surface area contributed by atoms with E-state index in [0.29, 0.717) is 4.96 Å². The van der Waals surface area contributed by atoms with Crippen molar-refractivity contribution >= 4 is 22.3 Å². The largest absolute Gasteiger partial charge is 0.475 e. The third-order valence-corrected chi connectivity index (χ3v) is 2.31. The van der Waals surface area contributed by atoms with Crippen LogP contribution in [0.15, 0.2) is 6.20 Å². The third-order valence-electron chi connectivity index (χ3n) is 1.42. The summed E-state index contributed by atoms with van der Waals surface area (Å²) in [7, 11) is 0. The maximum absolute atomic E-state index is 10.6. The Balaban J connectivity index is 2.76. The molecule has 0 bridgehead atoms. The van der Waals surface area contributed by atoms with Gasteiger partial charge in [-0.1, -0.05) is 11.3 Å². The molecule has 2 aromatic rings. The van der Waals surface area contributed by atoms with Gasteiger partial charge in [0.1, 0.15) is 0 Å². The van der Waals surface area contributed by atoms with Gasteiger partial charge < -0.3 is 5.11 Å². The highest BCUT2D eigenvalue weighted by Crippen LogP contribution is 2.15. The molecule has 0 atom stereocenters. The standard InChI is InChI=1S/C6H5N3O2S/c1-3-2-9-4(5(10)11)7-8-6(9)12-3/h2H,1H3,(H,10,11). The Morgan fingerprint density at radius 1 is 1.67 bits per heavy atom. The molecule has 0 aliphatic carbocycles. The molecule has 2 heterocycles. The summed E-state index contributed by atoms with van der Waals surface area (Å²) in [6, 6.07) is 0. The van der Waals surface area contributed by atoms with Gasteiger partial charge in [0, 0.05) is 11.1 Å². The van der Waals surface area contributed by atoms with Crippen LogP contribution in [-0.4, -0.2) is 25.7 Å². The van der Waals surface area contributed by atoms with Crippen LogP contribution in [0.4, 0.5) is 0 Å². The number of aromatic carboxylic acids is 1. The molecule has 12 heavy (non-hydrogen) atoms. The number of hydrogen-bond donors (Lipinski definition) is 1. The summed E-state index contributed by atoms with van der Waals surface area (Å²) in [5.41, 5.74) is 0. The summed E-state index contributed by atoms with van der Waals surface area (Å²) in [6.07, 6.45) is 1.71. The first-order valence-corrected chi connectivity index (χ1v) is 4.04. The van der Waals surface area contributed by atoms with Crippen LogP contribution < -0.4 is 0 Å². The van der Waals surface area contributed by atoms with Gasteiger partial charge in [-0.15, -0.1) is 10.2 Å². The van der Waals surface area contributed by atoms with Gasteiger partial charge in [-0.25, -0.2) is 4.79 Å². The Labute approximate surface area is 71.3 Å². The lowest BCUT2D eigenvalue weighted by atomic mass is 10.6. The van der Waals surface area contributed by atoms with Crippen LogP contribution in [0, 0.1) is 6.92 Å². The number of hydrogen-bond acceptors (Lipinski definition) is 4. The number of carbonyl (C=O) groups is 1. The summed E-state index contributed by atoms with van der Waals surface area (Å²) >= 11 is 1.42. The van der Waals surface area contributed by atoms with Crippen molar-refractivity contribution < 1.29 is 9.90 Å². The molecule has 0 radical (unpaired) electrons. The van der Waals surface area contributed by atoms with E-state index in [1.165, 1.54) is 15.7 Å². The molecular weight excluding hydrogens is 178 g/mol. The van der Waals surface area contributed by atoms with E-state index >= 15 is 0 Å². The van der Waals surface area contributed by atoms with Crippen molar-refractivity contribution in [2.75, 3.05) is 0 Å². The molecule has 0 spiro atoms. The molecule has 0 aromatic carbocycles. The van der Waals surface area contributed by atoms with Crippen molar-refractivity contribution in [2.45, 2.75) is 6.92 Å². The second-order valence-corrected chi connectivity index (χ2v) is 3.54. The lowest BCUT2D eigenvalue weighted by molar-refractivity contribution is 0.0682. The van der Waals surface area contributed by atoms with Crippen LogP contribution in [-0.2, 0) is 0 Å². The highest BCUT2D eigenvalue weighted by atomic mass is 32.1. The zero-order valence-electron chi connectivity index (χ0n) is 6.18. The number of carboxylic acid groups (broad SMARTS) is 1. The SMILES string of the molecule is Cc1cn2c(C(=O)O)nnc2s1. The predicted molar refractivity (Wildman–Crippen MR) is 42.6 cm³/mol. The lowest BCUT2D eigenvalue weighted by Crippen LogP contribution is -2.02. The van der Waals surface area contributed by atoms with E-state index in [2.05, 4.69) is 10.2 Å². The third kappa shape index (κ3) is 0.884. The number of thiazole rings is 1. The highest BCUT2D eigenvalue weighted by molar-refractivity contribution is 7.16. The zero-order chi connectivity index (χ0) is 8.72. The predicted octanol–water partition coefficient (Wildman–Crippen LogP) is 0.797. The minimum absolute atomic E-state index is 0.0330. The van der Waals surface area contributed by atoms with Crippen LogP contribution in [0.25, 0.3) is 4.96 Å². The second kappa shape index (κ2) is 2.28. The number of fused-ring (bicyclic) bond motifs is 1. The van der Waals surface area contributed by atoms with E-state index in [-0.39, 0.29) is 5.82 Å². The normalized spacial score (nSPS) is 10.8. The Morgan fingerprint density at radius 2 is 2.42 bits per heavy atom. The Hall–Kier alpha value is -1.43. The molecular formula is C6H5N3O2S. The number of aromatic nitrogens is 3. The van der Waals surface area contributed by atoms with Crippen LogP contribution in [0.1, 0.15) is 15.5 Å². The molecule has 0 aliphatic rings. The van der Waals surface area contributed by atoms with Gasteiger partial charge in [0.2, 0.25) is 10.8 Å². The first kappa shape index (κ1) is 7.23. The number of rotatable bonds is 1. The highest BCUT2D eigenvalue weighted by Gasteiger charge is 2.13. The van der Waals surface area contributed by atoms with Gasteiger partial charge in [0.25, 0.3) is 0 Å². The van der Waals surface area contributed by atoms with Crippen molar-refractivity contribution in [3.8, 4) is 0 Å². The maximum Gasteiger partial charge on any atom is 0.374 e. The van der Waals surface area contributed by atoms with E-state index in [4.69, 9.17) is 5.11 Å². The second-order valence-electron chi connectivity index (χ2n) is 2.32. The molecule has 6 heteroatoms. The molecule has 0 fully saturated rings. The van der Waals surface area contributed by atoms with Crippen molar-refractivity contribution in [1.82, 2.24) is 14.6 Å². The van der Waals surface area contributed by atoms with E-state index in [0.717, 1.165) is 4.88 Å². The van der Waals surface area contributed by atoms with Crippen LogP contribution in [0.3, 0.4) is 0 Å². The molecule has 5 nitrogen and oxygen atoms in total. The average Bonchev–Trinajstić information content (AvgIpc) is 2.43. The summed E-state index contributed by atoms with van der Waals surface area (Å²) in [6.45, 7) is 1.89. The molecule has 1 N–H and O–H groups in total. The molecule has 0 saturated carbocycles. The summed E-state index contributed by atoms with van der Waals surface area (Å²) in [4.78, 5) is 12.2. The molecule has 2 rings (SSSR count). The maximum atomic E-state index is 10.6. The quantitative estimate of drug-likeness (QED) is 0.710. The Bertz CT molecular complexity index is 445. The number of carboxylic acids is 1. The van der Waals surface area contributed by atoms with Crippen LogP contribution >= 0.6 is 11.3 Å². The molecule has 0 unspecified atom stereocenters. The van der Waals surface area contributed by atoms with Gasteiger partial charge >= 0.3 is 5.97 Å². The van der Waals surface area contributed by atoms with E-state index in [9.17, 15) is 4.79 Å². The van der Waals surface area contributed by atoms with Gasteiger partial charge in [-0.05, 0) is 6.92 Å². The molecule has 0 saturated heterocycles. The van der Waals surface area contributed by atoms with E-state index < -0.39 is 5.97 Å². The average molecular weight is 183 g/mol. The first-order valence-electron chi connectivity index (χ1n) is 3.23. The fourth-order valence-electron chi connectivity index (χ4n) is 0.961. The minimum Gasteiger partial charge on any atom is -0.475 e.